The number of carboxylic acid groups (broad SMARTS) is 1. The number of carboxylic acids is 1. The summed E-state index contributed by atoms with van der Waals surface area (Å²) in [6, 6.07) is 7.22. The van der Waals surface area contributed by atoms with E-state index in [1.165, 1.54) is 0 Å². The monoisotopic (exact) mass is 289 g/mol. The van der Waals surface area contributed by atoms with Gasteiger partial charge in [-0.2, -0.15) is 0 Å². The lowest BCUT2D eigenvalue weighted by molar-refractivity contribution is 0.0691. The van der Waals surface area contributed by atoms with Crippen molar-refractivity contribution in [2.75, 3.05) is 39.3 Å². The van der Waals surface area contributed by atoms with Gasteiger partial charge < -0.3 is 20.1 Å². The maximum absolute atomic E-state index is 10.9. The third-order valence-electron chi connectivity index (χ3n) is 3.71. The Balaban J connectivity index is 1.60. The van der Waals surface area contributed by atoms with Crippen LogP contribution in [0.5, 0.6) is 5.75 Å². The molecule has 1 saturated heterocycles. The predicted molar refractivity (Wildman–Crippen MR) is 80.1 cm³/mol. The van der Waals surface area contributed by atoms with E-state index in [1.54, 1.807) is 6.07 Å². The van der Waals surface area contributed by atoms with Gasteiger partial charge in [-0.3, -0.25) is 4.90 Å². The molecule has 0 atom stereocenters. The summed E-state index contributed by atoms with van der Waals surface area (Å²) in [4.78, 5) is 16.2. The molecule has 1 aliphatic heterocycles. The predicted octanol–water partition coefficient (Wildman–Crippen LogP) is 1.15. The van der Waals surface area contributed by atoms with Crippen molar-refractivity contribution in [2.45, 2.75) is 0 Å². The number of fused-ring (bicyclic) bond motifs is 1. The lowest BCUT2D eigenvalue weighted by Gasteiger charge is -2.26. The van der Waals surface area contributed by atoms with Crippen molar-refractivity contribution < 1.29 is 14.6 Å². The highest BCUT2D eigenvalue weighted by Crippen LogP contribution is 2.21. The van der Waals surface area contributed by atoms with Crippen LogP contribution in [0.15, 0.2) is 24.3 Å². The maximum atomic E-state index is 10.9. The van der Waals surface area contributed by atoms with Gasteiger partial charge in [-0.05, 0) is 18.2 Å². The average Bonchev–Trinajstić information content (AvgIpc) is 2.92. The van der Waals surface area contributed by atoms with Crippen molar-refractivity contribution in [1.82, 2.24) is 15.2 Å². The van der Waals surface area contributed by atoms with Gasteiger partial charge in [-0.1, -0.05) is 0 Å². The van der Waals surface area contributed by atoms with Crippen LogP contribution in [-0.4, -0.2) is 60.3 Å². The first-order valence-corrected chi connectivity index (χ1v) is 7.14. The minimum absolute atomic E-state index is 0.197. The van der Waals surface area contributed by atoms with Crippen molar-refractivity contribution in [3.63, 3.8) is 0 Å². The van der Waals surface area contributed by atoms with Gasteiger partial charge in [0.25, 0.3) is 0 Å². The molecule has 2 aromatic rings. The van der Waals surface area contributed by atoms with E-state index < -0.39 is 5.97 Å². The van der Waals surface area contributed by atoms with Crippen LogP contribution in [0.2, 0.25) is 0 Å². The van der Waals surface area contributed by atoms with E-state index in [0.29, 0.717) is 6.61 Å². The molecular weight excluding hydrogens is 270 g/mol. The SMILES string of the molecule is O=C(O)c1cc2ccc(OCCN3CCNCC3)cc2[nH]1. The fourth-order valence-electron chi connectivity index (χ4n) is 2.54. The summed E-state index contributed by atoms with van der Waals surface area (Å²) in [5, 5.41) is 13.2. The van der Waals surface area contributed by atoms with Gasteiger partial charge in [0.05, 0.1) is 0 Å². The van der Waals surface area contributed by atoms with Gasteiger partial charge in [-0.25, -0.2) is 4.79 Å². The highest BCUT2D eigenvalue weighted by molar-refractivity contribution is 5.94. The van der Waals surface area contributed by atoms with Crippen LogP contribution in [-0.2, 0) is 0 Å². The van der Waals surface area contributed by atoms with Gasteiger partial charge in [-0.15, -0.1) is 0 Å². The molecule has 1 aromatic carbocycles. The summed E-state index contributed by atoms with van der Waals surface area (Å²) >= 11 is 0. The number of aromatic nitrogens is 1. The number of ether oxygens (including phenoxy) is 1. The Labute approximate surface area is 122 Å². The highest BCUT2D eigenvalue weighted by Gasteiger charge is 2.10. The zero-order valence-electron chi connectivity index (χ0n) is 11.8. The number of benzene rings is 1. The third-order valence-corrected chi connectivity index (χ3v) is 3.71. The number of aromatic carboxylic acids is 1. The third kappa shape index (κ3) is 3.34. The van der Waals surface area contributed by atoms with Crippen LogP contribution in [0.4, 0.5) is 0 Å². The molecule has 0 radical (unpaired) electrons. The minimum atomic E-state index is -0.952. The van der Waals surface area contributed by atoms with Crippen molar-refractivity contribution in [1.29, 1.82) is 0 Å². The molecule has 3 N–H and O–H groups in total. The van der Waals surface area contributed by atoms with E-state index in [0.717, 1.165) is 49.4 Å². The Hall–Kier alpha value is -2.05. The first-order valence-electron chi connectivity index (χ1n) is 7.14. The first kappa shape index (κ1) is 13.9. The zero-order chi connectivity index (χ0) is 14.7. The molecule has 0 unspecified atom stereocenters. The van der Waals surface area contributed by atoms with Gasteiger partial charge >= 0.3 is 5.97 Å². The number of hydrogen-bond acceptors (Lipinski definition) is 4. The van der Waals surface area contributed by atoms with E-state index in [2.05, 4.69) is 15.2 Å². The van der Waals surface area contributed by atoms with Gasteiger partial charge in [0.1, 0.15) is 18.1 Å². The summed E-state index contributed by atoms with van der Waals surface area (Å²) in [5.41, 5.74) is 0.982. The van der Waals surface area contributed by atoms with Crippen LogP contribution in [0.25, 0.3) is 10.9 Å². The summed E-state index contributed by atoms with van der Waals surface area (Å²) < 4.78 is 5.76. The maximum Gasteiger partial charge on any atom is 0.352 e. The Morgan fingerprint density at radius 1 is 1.29 bits per heavy atom. The summed E-state index contributed by atoms with van der Waals surface area (Å²) in [6.07, 6.45) is 0. The first-order chi connectivity index (χ1) is 10.2. The molecule has 0 bridgehead atoms. The Bertz CT molecular complexity index is 632. The molecule has 21 heavy (non-hydrogen) atoms. The largest absolute Gasteiger partial charge is 0.492 e. The molecule has 0 amide bonds. The molecule has 6 heteroatoms. The van der Waals surface area contributed by atoms with Crippen LogP contribution >= 0.6 is 0 Å². The van der Waals surface area contributed by atoms with E-state index in [1.807, 2.05) is 18.2 Å². The van der Waals surface area contributed by atoms with Crippen molar-refractivity contribution in [2.24, 2.45) is 0 Å². The lowest BCUT2D eigenvalue weighted by Crippen LogP contribution is -2.44. The molecule has 112 valence electrons. The van der Waals surface area contributed by atoms with Crippen molar-refractivity contribution >= 4 is 16.9 Å². The highest BCUT2D eigenvalue weighted by atomic mass is 16.5. The second kappa shape index (κ2) is 6.15. The van der Waals surface area contributed by atoms with E-state index in [4.69, 9.17) is 9.84 Å². The number of hydrogen-bond donors (Lipinski definition) is 3. The van der Waals surface area contributed by atoms with Gasteiger partial charge in [0.2, 0.25) is 0 Å². The molecule has 0 spiro atoms. The second-order valence-corrected chi connectivity index (χ2v) is 5.18. The van der Waals surface area contributed by atoms with Crippen molar-refractivity contribution in [3.05, 3.63) is 30.0 Å². The van der Waals surface area contributed by atoms with Crippen LogP contribution in [0.1, 0.15) is 10.5 Å². The Morgan fingerprint density at radius 3 is 2.86 bits per heavy atom. The van der Waals surface area contributed by atoms with E-state index >= 15 is 0 Å². The number of rotatable bonds is 5. The summed E-state index contributed by atoms with van der Waals surface area (Å²) in [6.45, 7) is 5.73. The zero-order valence-corrected chi connectivity index (χ0v) is 11.8. The normalized spacial score (nSPS) is 16.2. The average molecular weight is 289 g/mol. The number of piperazine rings is 1. The fraction of sp³-hybridized carbons (Fsp3) is 0.400. The molecule has 0 aliphatic carbocycles. The summed E-state index contributed by atoms with van der Waals surface area (Å²) in [5.74, 6) is -0.191. The topological polar surface area (TPSA) is 77.6 Å². The lowest BCUT2D eigenvalue weighted by atomic mass is 10.2. The molecule has 0 saturated carbocycles. The molecular formula is C15H19N3O3. The number of H-pyrrole nitrogens is 1. The number of carbonyl (C=O) groups is 1. The van der Waals surface area contributed by atoms with Gasteiger partial charge in [0, 0.05) is 49.7 Å². The standard InChI is InChI=1S/C15H19N3O3/c19-15(20)14-9-11-1-2-12(10-13(11)17-14)21-8-7-18-5-3-16-4-6-18/h1-2,9-10,16-17H,3-8H2,(H,19,20). The van der Waals surface area contributed by atoms with Crippen molar-refractivity contribution in [3.8, 4) is 5.75 Å². The number of nitrogens with one attached hydrogen (secondary N) is 2. The molecule has 3 rings (SSSR count). The molecule has 1 aromatic heterocycles. The van der Waals surface area contributed by atoms with E-state index in [9.17, 15) is 4.79 Å². The van der Waals surface area contributed by atoms with Gasteiger partial charge in [0.15, 0.2) is 0 Å². The smallest absolute Gasteiger partial charge is 0.352 e. The molecule has 1 aliphatic rings. The minimum Gasteiger partial charge on any atom is -0.492 e. The quantitative estimate of drug-likeness (QED) is 0.769. The van der Waals surface area contributed by atoms with E-state index in [-0.39, 0.29) is 5.69 Å². The molecule has 2 heterocycles. The second-order valence-electron chi connectivity index (χ2n) is 5.18. The molecule has 1 fully saturated rings. The number of nitrogens with zero attached hydrogens (tertiary/aromatic N) is 1. The summed E-state index contributed by atoms with van der Waals surface area (Å²) in [7, 11) is 0. The van der Waals surface area contributed by atoms with Crippen LogP contribution < -0.4 is 10.1 Å². The fourth-order valence-corrected chi connectivity index (χ4v) is 2.54. The van der Waals surface area contributed by atoms with Crippen LogP contribution in [0, 0.1) is 0 Å². The number of aromatic amines is 1. The Morgan fingerprint density at radius 2 is 2.10 bits per heavy atom. The molecule has 6 nitrogen and oxygen atoms in total. The van der Waals surface area contributed by atoms with Crippen LogP contribution in [0.3, 0.4) is 0 Å². The Kier molecular flexibility index (Phi) is 4.08.